The van der Waals surface area contributed by atoms with Crippen LogP contribution in [0.4, 0.5) is 8.78 Å². The van der Waals surface area contributed by atoms with Gasteiger partial charge >= 0.3 is 0 Å². The smallest absolute Gasteiger partial charge is 0.256 e. The van der Waals surface area contributed by atoms with E-state index in [9.17, 15) is 13.6 Å². The van der Waals surface area contributed by atoms with Gasteiger partial charge in [0.1, 0.15) is 11.6 Å². The van der Waals surface area contributed by atoms with E-state index >= 15 is 0 Å². The summed E-state index contributed by atoms with van der Waals surface area (Å²) in [5.74, 6) is -1.53. The van der Waals surface area contributed by atoms with Gasteiger partial charge in [-0.25, -0.2) is 8.78 Å². The van der Waals surface area contributed by atoms with Crippen molar-refractivity contribution in [2.75, 3.05) is 13.1 Å². The highest BCUT2D eigenvalue weighted by atomic mass is 79.9. The molecule has 0 spiro atoms. The molecule has 0 aromatic heterocycles. The number of alkyl halides is 1. The molecule has 110 valence electrons. The van der Waals surface area contributed by atoms with Gasteiger partial charge < -0.3 is 4.90 Å². The van der Waals surface area contributed by atoms with E-state index in [1.807, 2.05) is 0 Å². The Kier molecular flexibility index (Phi) is 5.02. The molecule has 0 aliphatic carbocycles. The standard InChI is InChI=1S/C14H15BrClF2NO/c1-8(15)9-2-4-19(5-3-9)14(20)10-6-13(18)11(16)7-12(10)17/h6-9H,2-5H2,1H3. The van der Waals surface area contributed by atoms with Crippen LogP contribution in [-0.4, -0.2) is 28.7 Å². The van der Waals surface area contributed by atoms with Crippen molar-refractivity contribution in [2.45, 2.75) is 24.6 Å². The van der Waals surface area contributed by atoms with Gasteiger partial charge in [-0.2, -0.15) is 0 Å². The number of carbonyl (C=O) groups is 1. The van der Waals surface area contributed by atoms with E-state index in [0.717, 1.165) is 25.0 Å². The maximum Gasteiger partial charge on any atom is 0.256 e. The van der Waals surface area contributed by atoms with Crippen LogP contribution >= 0.6 is 27.5 Å². The Morgan fingerprint density at radius 1 is 1.35 bits per heavy atom. The molecule has 1 heterocycles. The molecule has 0 N–H and O–H groups in total. The van der Waals surface area contributed by atoms with Gasteiger partial charge in [-0.05, 0) is 30.9 Å². The molecule has 2 nitrogen and oxygen atoms in total. The van der Waals surface area contributed by atoms with E-state index in [0.29, 0.717) is 23.8 Å². The summed E-state index contributed by atoms with van der Waals surface area (Å²) in [5.41, 5.74) is -0.253. The lowest BCUT2D eigenvalue weighted by atomic mass is 9.94. The van der Waals surface area contributed by atoms with Crippen LogP contribution in [0.1, 0.15) is 30.1 Å². The number of carbonyl (C=O) groups excluding carboxylic acids is 1. The molecule has 1 atom stereocenters. The Morgan fingerprint density at radius 2 is 1.95 bits per heavy atom. The SMILES string of the molecule is CC(Br)C1CCN(C(=O)c2cc(F)c(Cl)cc2F)CC1. The predicted octanol–water partition coefficient (Wildman–Crippen LogP) is 4.25. The highest BCUT2D eigenvalue weighted by Crippen LogP contribution is 2.27. The first-order valence-electron chi connectivity index (χ1n) is 6.48. The lowest BCUT2D eigenvalue weighted by molar-refractivity contribution is 0.0686. The Hall–Kier alpha value is -0.680. The van der Waals surface area contributed by atoms with Gasteiger partial charge in [-0.15, -0.1) is 0 Å². The van der Waals surface area contributed by atoms with Gasteiger partial charge in [0.05, 0.1) is 10.6 Å². The first kappa shape index (κ1) is 15.7. The second-order valence-electron chi connectivity index (χ2n) is 5.05. The van der Waals surface area contributed by atoms with Crippen molar-refractivity contribution in [3.8, 4) is 0 Å². The van der Waals surface area contributed by atoms with E-state index in [1.165, 1.54) is 0 Å². The van der Waals surface area contributed by atoms with E-state index in [-0.39, 0.29) is 10.6 Å². The molecular weight excluding hydrogens is 352 g/mol. The van der Waals surface area contributed by atoms with Gasteiger partial charge in [-0.1, -0.05) is 34.5 Å². The van der Waals surface area contributed by atoms with Crippen molar-refractivity contribution in [3.05, 3.63) is 34.4 Å². The molecule has 1 aromatic rings. The number of nitrogens with zero attached hydrogens (tertiary/aromatic N) is 1. The average Bonchev–Trinajstić information content (AvgIpc) is 2.42. The molecule has 0 radical (unpaired) electrons. The highest BCUT2D eigenvalue weighted by molar-refractivity contribution is 9.09. The third-order valence-corrected chi connectivity index (χ3v) is 4.75. The summed E-state index contributed by atoms with van der Waals surface area (Å²) in [6, 6.07) is 1.72. The van der Waals surface area contributed by atoms with Crippen LogP contribution in [0, 0.1) is 17.6 Å². The van der Waals surface area contributed by atoms with Crippen molar-refractivity contribution in [3.63, 3.8) is 0 Å². The maximum absolute atomic E-state index is 13.7. The minimum Gasteiger partial charge on any atom is -0.339 e. The zero-order valence-electron chi connectivity index (χ0n) is 11.0. The largest absolute Gasteiger partial charge is 0.339 e. The third-order valence-electron chi connectivity index (χ3n) is 3.72. The van der Waals surface area contributed by atoms with Crippen molar-refractivity contribution in [1.29, 1.82) is 0 Å². The lowest BCUT2D eigenvalue weighted by Crippen LogP contribution is -2.40. The Balaban J connectivity index is 2.11. The van der Waals surface area contributed by atoms with E-state index in [4.69, 9.17) is 11.6 Å². The van der Waals surface area contributed by atoms with Crippen molar-refractivity contribution in [2.24, 2.45) is 5.92 Å². The van der Waals surface area contributed by atoms with Gasteiger partial charge in [0.25, 0.3) is 5.91 Å². The summed E-state index contributed by atoms with van der Waals surface area (Å²) in [6.07, 6.45) is 1.71. The van der Waals surface area contributed by atoms with E-state index in [2.05, 4.69) is 22.9 Å². The fourth-order valence-corrected chi connectivity index (χ4v) is 3.10. The first-order chi connectivity index (χ1) is 9.40. The molecule has 1 saturated heterocycles. The number of hydrogen-bond acceptors (Lipinski definition) is 1. The molecule has 1 aliphatic rings. The van der Waals surface area contributed by atoms with E-state index in [1.54, 1.807) is 4.90 Å². The van der Waals surface area contributed by atoms with Gasteiger partial charge in [0.15, 0.2) is 0 Å². The summed E-state index contributed by atoms with van der Waals surface area (Å²) in [7, 11) is 0. The minimum atomic E-state index is -0.780. The fraction of sp³-hybridized carbons (Fsp3) is 0.500. The highest BCUT2D eigenvalue weighted by Gasteiger charge is 2.27. The average molecular weight is 367 g/mol. The topological polar surface area (TPSA) is 20.3 Å². The minimum absolute atomic E-state index is 0.253. The number of benzene rings is 1. The molecule has 1 unspecified atom stereocenters. The molecule has 1 fully saturated rings. The van der Waals surface area contributed by atoms with Gasteiger partial charge in [-0.3, -0.25) is 4.79 Å². The van der Waals surface area contributed by atoms with Crippen molar-refractivity contribution >= 4 is 33.4 Å². The number of hydrogen-bond donors (Lipinski definition) is 0. The zero-order valence-corrected chi connectivity index (χ0v) is 13.3. The number of likely N-dealkylation sites (tertiary alicyclic amines) is 1. The van der Waals surface area contributed by atoms with Gasteiger partial charge in [0, 0.05) is 17.9 Å². The molecule has 1 amide bonds. The number of amides is 1. The summed E-state index contributed by atoms with van der Waals surface area (Å²) in [4.78, 5) is 14.2. The Labute approximate surface area is 130 Å². The number of piperidine rings is 1. The molecule has 20 heavy (non-hydrogen) atoms. The predicted molar refractivity (Wildman–Crippen MR) is 78.4 cm³/mol. The fourth-order valence-electron chi connectivity index (χ4n) is 2.42. The maximum atomic E-state index is 13.7. The molecule has 1 aromatic carbocycles. The van der Waals surface area contributed by atoms with Crippen LogP contribution < -0.4 is 0 Å². The summed E-state index contributed by atoms with van der Waals surface area (Å²) in [6.45, 7) is 3.20. The second kappa shape index (κ2) is 6.39. The molecule has 0 saturated carbocycles. The normalized spacial score (nSPS) is 18.1. The zero-order chi connectivity index (χ0) is 14.9. The quantitative estimate of drug-likeness (QED) is 0.566. The summed E-state index contributed by atoms with van der Waals surface area (Å²) >= 11 is 9.02. The second-order valence-corrected chi connectivity index (χ2v) is 6.90. The van der Waals surface area contributed by atoms with Crippen LogP contribution in [0.25, 0.3) is 0 Å². The van der Waals surface area contributed by atoms with Crippen LogP contribution in [0.5, 0.6) is 0 Å². The number of rotatable bonds is 2. The van der Waals surface area contributed by atoms with Crippen LogP contribution in [0.3, 0.4) is 0 Å². The lowest BCUT2D eigenvalue weighted by Gasteiger charge is -2.33. The number of halogens is 4. The Bertz CT molecular complexity index is 516. The van der Waals surface area contributed by atoms with Crippen LogP contribution in [0.15, 0.2) is 12.1 Å². The van der Waals surface area contributed by atoms with Crippen molar-refractivity contribution in [1.82, 2.24) is 4.90 Å². The van der Waals surface area contributed by atoms with E-state index < -0.39 is 17.5 Å². The molecule has 0 bridgehead atoms. The molecule has 2 rings (SSSR count). The van der Waals surface area contributed by atoms with Crippen LogP contribution in [-0.2, 0) is 0 Å². The first-order valence-corrected chi connectivity index (χ1v) is 7.77. The van der Waals surface area contributed by atoms with Crippen LogP contribution in [0.2, 0.25) is 5.02 Å². The monoisotopic (exact) mass is 365 g/mol. The molecule has 1 aliphatic heterocycles. The Morgan fingerprint density at radius 3 is 2.50 bits per heavy atom. The summed E-state index contributed by atoms with van der Waals surface area (Å²) < 4.78 is 27.1. The molecular formula is C14H15BrClF2NO. The summed E-state index contributed by atoms with van der Waals surface area (Å²) in [5, 5.41) is -0.314. The molecule has 6 heteroatoms. The third kappa shape index (κ3) is 3.31. The van der Waals surface area contributed by atoms with Crippen molar-refractivity contribution < 1.29 is 13.6 Å². The van der Waals surface area contributed by atoms with Gasteiger partial charge in [0.2, 0.25) is 0 Å².